The Labute approximate surface area is 96.0 Å². The Hall–Kier alpha value is -1.93. The molecule has 0 aliphatic rings. The number of nitrogens with zero attached hydrogens (tertiary/aromatic N) is 3. The van der Waals surface area contributed by atoms with Crippen LogP contribution in [0.25, 0.3) is 0 Å². The van der Waals surface area contributed by atoms with Gasteiger partial charge in [0.1, 0.15) is 16.9 Å². The zero-order valence-electron chi connectivity index (χ0n) is 8.09. The molecule has 0 saturated heterocycles. The maximum Gasteiger partial charge on any atom is 0.158 e. The number of rotatable bonds is 2. The highest BCUT2D eigenvalue weighted by Gasteiger charge is 2.00. The van der Waals surface area contributed by atoms with Gasteiger partial charge in [-0.25, -0.2) is 14.4 Å². The molecule has 0 aliphatic heterocycles. The average molecular weight is 231 g/mol. The topological polar surface area (TPSA) is 49.6 Å². The van der Waals surface area contributed by atoms with E-state index in [1.54, 1.807) is 12.1 Å². The number of halogens is 1. The molecule has 0 amide bonds. The van der Waals surface area contributed by atoms with E-state index in [0.717, 1.165) is 4.90 Å². The summed E-state index contributed by atoms with van der Waals surface area (Å²) in [4.78, 5) is 8.82. The Bertz CT molecular complexity index is 516. The molecule has 16 heavy (non-hydrogen) atoms. The maximum atomic E-state index is 12.7. The van der Waals surface area contributed by atoms with Crippen LogP contribution >= 0.6 is 11.8 Å². The van der Waals surface area contributed by atoms with Crippen molar-refractivity contribution in [2.24, 2.45) is 0 Å². The molecule has 0 aliphatic carbocycles. The molecule has 3 nitrogen and oxygen atoms in total. The maximum absolute atomic E-state index is 12.7. The van der Waals surface area contributed by atoms with Gasteiger partial charge in [-0.3, -0.25) is 0 Å². The van der Waals surface area contributed by atoms with Crippen LogP contribution in [0.1, 0.15) is 5.69 Å². The number of hydrogen-bond acceptors (Lipinski definition) is 4. The second-order valence-corrected chi connectivity index (χ2v) is 4.00. The summed E-state index contributed by atoms with van der Waals surface area (Å²) in [5, 5.41) is 9.22. The Balaban J connectivity index is 2.15. The van der Waals surface area contributed by atoms with Crippen LogP contribution in [0.2, 0.25) is 0 Å². The molecule has 5 heteroatoms. The molecule has 0 saturated carbocycles. The van der Waals surface area contributed by atoms with Gasteiger partial charge in [0.25, 0.3) is 0 Å². The molecule has 2 rings (SSSR count). The highest BCUT2D eigenvalue weighted by Crippen LogP contribution is 2.25. The summed E-state index contributed by atoms with van der Waals surface area (Å²) in [7, 11) is 0. The predicted octanol–water partition coefficient (Wildman–Crippen LogP) is 2.64. The largest absolute Gasteiger partial charge is 0.245 e. The summed E-state index contributed by atoms with van der Waals surface area (Å²) >= 11 is 1.37. The lowest BCUT2D eigenvalue weighted by atomic mass is 10.4. The van der Waals surface area contributed by atoms with E-state index in [-0.39, 0.29) is 11.5 Å². The van der Waals surface area contributed by atoms with Crippen molar-refractivity contribution in [2.75, 3.05) is 0 Å². The molecular formula is C11H6FN3S. The fourth-order valence-corrected chi connectivity index (χ4v) is 1.77. The van der Waals surface area contributed by atoms with Gasteiger partial charge in [-0.15, -0.1) is 0 Å². The molecule has 0 unspecified atom stereocenters. The van der Waals surface area contributed by atoms with Crippen molar-refractivity contribution in [3.63, 3.8) is 0 Å². The fourth-order valence-electron chi connectivity index (χ4n) is 1.05. The highest BCUT2D eigenvalue weighted by atomic mass is 32.2. The van der Waals surface area contributed by atoms with Gasteiger partial charge in [-0.1, -0.05) is 11.8 Å². The number of hydrogen-bond donors (Lipinski definition) is 0. The second kappa shape index (κ2) is 4.73. The molecule has 1 aromatic heterocycles. The van der Waals surface area contributed by atoms with Gasteiger partial charge < -0.3 is 0 Å². The van der Waals surface area contributed by atoms with E-state index in [0.29, 0.717) is 5.03 Å². The molecule has 0 atom stereocenters. The van der Waals surface area contributed by atoms with Gasteiger partial charge >= 0.3 is 0 Å². The predicted molar refractivity (Wildman–Crippen MR) is 57.3 cm³/mol. The monoisotopic (exact) mass is 231 g/mol. The van der Waals surface area contributed by atoms with Crippen molar-refractivity contribution in [1.82, 2.24) is 9.97 Å². The normalized spacial score (nSPS) is 9.75. The first-order valence-corrected chi connectivity index (χ1v) is 5.25. The molecular weight excluding hydrogens is 225 g/mol. The summed E-state index contributed by atoms with van der Waals surface area (Å²) in [5.74, 6) is -0.268. The van der Waals surface area contributed by atoms with E-state index in [1.807, 2.05) is 6.07 Å². The summed E-state index contributed by atoms with van der Waals surface area (Å²) in [5.41, 5.74) is 0.281. The lowest BCUT2D eigenvalue weighted by molar-refractivity contribution is 0.626. The molecule has 0 radical (unpaired) electrons. The third-order valence-electron chi connectivity index (χ3n) is 1.78. The molecule has 1 heterocycles. The van der Waals surface area contributed by atoms with Crippen LogP contribution in [-0.2, 0) is 0 Å². The van der Waals surface area contributed by atoms with Crippen LogP contribution in [0.4, 0.5) is 4.39 Å². The van der Waals surface area contributed by atoms with Crippen molar-refractivity contribution < 1.29 is 4.39 Å². The Morgan fingerprint density at radius 2 is 1.88 bits per heavy atom. The lowest BCUT2D eigenvalue weighted by Gasteiger charge is -1.99. The smallest absolute Gasteiger partial charge is 0.158 e. The number of benzene rings is 1. The minimum absolute atomic E-state index is 0.268. The van der Waals surface area contributed by atoms with Crippen molar-refractivity contribution in [1.29, 1.82) is 5.26 Å². The number of nitriles is 1. The third kappa shape index (κ3) is 2.55. The van der Waals surface area contributed by atoms with Crippen LogP contribution in [0.3, 0.4) is 0 Å². The Kier molecular flexibility index (Phi) is 3.13. The van der Waals surface area contributed by atoms with Crippen molar-refractivity contribution in [3.8, 4) is 6.07 Å². The van der Waals surface area contributed by atoms with Crippen molar-refractivity contribution in [2.45, 2.75) is 9.92 Å². The average Bonchev–Trinajstić information content (AvgIpc) is 2.33. The van der Waals surface area contributed by atoms with Gasteiger partial charge in [0.2, 0.25) is 0 Å². The summed E-state index contributed by atoms with van der Waals surface area (Å²) in [6.45, 7) is 0. The molecule has 1 aromatic carbocycles. The zero-order chi connectivity index (χ0) is 11.4. The van der Waals surface area contributed by atoms with Gasteiger partial charge in [0.05, 0.1) is 12.4 Å². The summed E-state index contributed by atoms with van der Waals surface area (Å²) in [6, 6.07) is 8.00. The second-order valence-electron chi connectivity index (χ2n) is 2.91. The molecule has 78 valence electrons. The van der Waals surface area contributed by atoms with E-state index in [9.17, 15) is 4.39 Å². The van der Waals surface area contributed by atoms with Crippen molar-refractivity contribution >= 4 is 11.8 Å². The zero-order valence-corrected chi connectivity index (χ0v) is 8.91. The molecule has 0 spiro atoms. The lowest BCUT2D eigenvalue weighted by Crippen LogP contribution is -1.86. The van der Waals surface area contributed by atoms with Crippen molar-refractivity contribution in [3.05, 3.63) is 48.2 Å². The Morgan fingerprint density at radius 1 is 1.12 bits per heavy atom. The SMILES string of the molecule is N#Cc1cnc(Sc2ccc(F)cc2)cn1. The van der Waals surface area contributed by atoms with Gasteiger partial charge in [-0.2, -0.15) is 5.26 Å². The van der Waals surface area contributed by atoms with Crippen LogP contribution in [0.15, 0.2) is 46.6 Å². The molecule has 0 fully saturated rings. The fraction of sp³-hybridized carbons (Fsp3) is 0. The minimum atomic E-state index is -0.268. The van der Waals surface area contributed by atoms with E-state index in [2.05, 4.69) is 9.97 Å². The molecule has 0 N–H and O–H groups in total. The standard InChI is InChI=1S/C11H6FN3S/c12-8-1-3-10(4-2-8)16-11-7-14-9(5-13)6-15-11/h1-4,6-7H. The first-order valence-electron chi connectivity index (χ1n) is 4.43. The molecule has 0 bridgehead atoms. The third-order valence-corrected chi connectivity index (χ3v) is 2.71. The molecule has 2 aromatic rings. The van der Waals surface area contributed by atoms with Crippen LogP contribution in [-0.4, -0.2) is 9.97 Å². The van der Waals surface area contributed by atoms with Crippen LogP contribution in [0, 0.1) is 17.1 Å². The van der Waals surface area contributed by atoms with Crippen LogP contribution in [0.5, 0.6) is 0 Å². The summed E-state index contributed by atoms with van der Waals surface area (Å²) in [6.07, 6.45) is 2.93. The first-order chi connectivity index (χ1) is 7.78. The number of aromatic nitrogens is 2. The van der Waals surface area contributed by atoms with E-state index >= 15 is 0 Å². The van der Waals surface area contributed by atoms with Gasteiger partial charge in [-0.05, 0) is 24.3 Å². The van der Waals surface area contributed by atoms with E-state index in [4.69, 9.17) is 5.26 Å². The van der Waals surface area contributed by atoms with Crippen LogP contribution < -0.4 is 0 Å². The van der Waals surface area contributed by atoms with E-state index < -0.39 is 0 Å². The highest BCUT2D eigenvalue weighted by molar-refractivity contribution is 7.99. The summed E-state index contributed by atoms with van der Waals surface area (Å²) < 4.78 is 12.7. The first kappa shape index (κ1) is 10.6. The quantitative estimate of drug-likeness (QED) is 0.797. The van der Waals surface area contributed by atoms with Gasteiger partial charge in [0, 0.05) is 4.90 Å². The Morgan fingerprint density at radius 3 is 2.44 bits per heavy atom. The minimum Gasteiger partial charge on any atom is -0.245 e. The van der Waals surface area contributed by atoms with Gasteiger partial charge in [0.15, 0.2) is 5.69 Å². The van der Waals surface area contributed by atoms with E-state index in [1.165, 1.54) is 36.3 Å².